The number of hydrogen-bond donors (Lipinski definition) is 1. The van der Waals surface area contributed by atoms with Gasteiger partial charge >= 0.3 is 0 Å². The molecule has 26 heavy (non-hydrogen) atoms. The van der Waals surface area contributed by atoms with Gasteiger partial charge in [0.1, 0.15) is 10.5 Å². The quantitative estimate of drug-likeness (QED) is 0.602. The molecule has 0 aliphatic rings. The van der Waals surface area contributed by atoms with Crippen LogP contribution in [0, 0.1) is 0 Å². The highest BCUT2D eigenvalue weighted by atomic mass is 32.1. The molecule has 1 N–H and O–H groups in total. The SMILES string of the molecule is CN(Cc1nc2ccsc2c(=O)[nH]1)C(=O)c1ccc(-n2cccn2)cc1. The largest absolute Gasteiger partial charge is 0.334 e. The van der Waals surface area contributed by atoms with Crippen molar-refractivity contribution in [1.82, 2.24) is 24.6 Å². The lowest BCUT2D eigenvalue weighted by Crippen LogP contribution is -2.28. The third kappa shape index (κ3) is 3.02. The van der Waals surface area contributed by atoms with Crippen molar-refractivity contribution in [3.63, 3.8) is 0 Å². The fourth-order valence-corrected chi connectivity index (χ4v) is 3.42. The van der Waals surface area contributed by atoms with Gasteiger partial charge in [0.25, 0.3) is 11.5 Å². The number of benzene rings is 1. The van der Waals surface area contributed by atoms with Crippen molar-refractivity contribution in [2.75, 3.05) is 7.05 Å². The first kappa shape index (κ1) is 16.2. The van der Waals surface area contributed by atoms with Gasteiger partial charge in [0.2, 0.25) is 0 Å². The average molecular weight is 365 g/mol. The number of fused-ring (bicyclic) bond motifs is 1. The summed E-state index contributed by atoms with van der Waals surface area (Å²) in [5.41, 5.74) is 1.91. The minimum Gasteiger partial charge on any atom is -0.334 e. The molecule has 8 heteroatoms. The van der Waals surface area contributed by atoms with Gasteiger partial charge in [-0.3, -0.25) is 9.59 Å². The summed E-state index contributed by atoms with van der Waals surface area (Å²) < 4.78 is 2.32. The number of nitrogens with zero attached hydrogens (tertiary/aromatic N) is 4. The van der Waals surface area contributed by atoms with Crippen LogP contribution in [0.3, 0.4) is 0 Å². The number of nitrogens with one attached hydrogen (secondary N) is 1. The fourth-order valence-electron chi connectivity index (χ4n) is 2.69. The zero-order valence-electron chi connectivity index (χ0n) is 13.9. The number of carbonyl (C=O) groups excluding carboxylic acids is 1. The molecular formula is C18H15N5O2S. The van der Waals surface area contributed by atoms with Gasteiger partial charge in [0, 0.05) is 25.0 Å². The number of thiophene rings is 1. The summed E-state index contributed by atoms with van der Waals surface area (Å²) >= 11 is 1.35. The highest BCUT2D eigenvalue weighted by Gasteiger charge is 2.14. The molecule has 4 rings (SSSR count). The van der Waals surface area contributed by atoms with E-state index in [1.54, 1.807) is 36.1 Å². The minimum absolute atomic E-state index is 0.148. The number of amides is 1. The number of rotatable bonds is 4. The van der Waals surface area contributed by atoms with Gasteiger partial charge in [-0.2, -0.15) is 5.10 Å². The zero-order chi connectivity index (χ0) is 18.1. The van der Waals surface area contributed by atoms with Crippen LogP contribution in [-0.4, -0.2) is 37.6 Å². The molecule has 0 aliphatic carbocycles. The van der Waals surface area contributed by atoms with E-state index in [0.717, 1.165) is 5.69 Å². The number of H-pyrrole nitrogens is 1. The maximum Gasteiger partial charge on any atom is 0.268 e. The molecule has 0 spiro atoms. The second kappa shape index (κ2) is 6.57. The maximum atomic E-state index is 12.6. The number of carbonyl (C=O) groups is 1. The highest BCUT2D eigenvalue weighted by molar-refractivity contribution is 7.17. The van der Waals surface area contributed by atoms with Crippen molar-refractivity contribution in [3.8, 4) is 5.69 Å². The molecule has 0 saturated heterocycles. The maximum absolute atomic E-state index is 12.6. The molecule has 0 aliphatic heterocycles. The third-order valence-corrected chi connectivity index (χ3v) is 4.88. The van der Waals surface area contributed by atoms with Crippen molar-refractivity contribution in [1.29, 1.82) is 0 Å². The van der Waals surface area contributed by atoms with Crippen LogP contribution in [0.2, 0.25) is 0 Å². The molecule has 7 nitrogen and oxygen atoms in total. The van der Waals surface area contributed by atoms with Crippen molar-refractivity contribution >= 4 is 27.5 Å². The lowest BCUT2D eigenvalue weighted by atomic mass is 10.2. The van der Waals surface area contributed by atoms with Crippen molar-refractivity contribution in [3.05, 3.63) is 75.9 Å². The van der Waals surface area contributed by atoms with Gasteiger partial charge in [-0.15, -0.1) is 11.3 Å². The van der Waals surface area contributed by atoms with E-state index in [0.29, 0.717) is 21.6 Å². The second-order valence-corrected chi connectivity index (χ2v) is 6.72. The Morgan fingerprint density at radius 1 is 1.27 bits per heavy atom. The van der Waals surface area contributed by atoms with Crippen LogP contribution < -0.4 is 5.56 Å². The molecule has 3 heterocycles. The Bertz CT molecular complexity index is 1110. The van der Waals surface area contributed by atoms with E-state index < -0.39 is 0 Å². The van der Waals surface area contributed by atoms with E-state index in [1.807, 2.05) is 29.8 Å². The number of hydrogen-bond acceptors (Lipinski definition) is 5. The second-order valence-electron chi connectivity index (χ2n) is 5.81. The number of aromatic amines is 1. The van der Waals surface area contributed by atoms with Gasteiger partial charge in [0.15, 0.2) is 0 Å². The van der Waals surface area contributed by atoms with E-state index in [2.05, 4.69) is 15.1 Å². The summed E-state index contributed by atoms with van der Waals surface area (Å²) in [5, 5.41) is 5.99. The van der Waals surface area contributed by atoms with Crippen LogP contribution in [-0.2, 0) is 6.54 Å². The first-order chi connectivity index (χ1) is 12.6. The predicted octanol–water partition coefficient (Wildman–Crippen LogP) is 2.44. The van der Waals surface area contributed by atoms with Crippen LogP contribution >= 0.6 is 11.3 Å². The van der Waals surface area contributed by atoms with Crippen LogP contribution in [0.5, 0.6) is 0 Å². The molecule has 0 fully saturated rings. The Balaban J connectivity index is 1.52. The van der Waals surface area contributed by atoms with Crippen molar-refractivity contribution < 1.29 is 4.79 Å². The standard InChI is InChI=1S/C18H15N5O2S/c1-22(11-15-20-14-7-10-26-16(14)17(24)21-15)18(25)12-3-5-13(6-4-12)23-9-2-8-19-23/h2-10H,11H2,1H3,(H,20,21,24). The summed E-state index contributed by atoms with van der Waals surface area (Å²) in [6.45, 7) is 0.223. The Morgan fingerprint density at radius 3 is 2.81 bits per heavy atom. The predicted molar refractivity (Wildman–Crippen MR) is 99.6 cm³/mol. The Hall–Kier alpha value is -3.26. The van der Waals surface area contributed by atoms with E-state index in [4.69, 9.17) is 0 Å². The molecule has 0 bridgehead atoms. The summed E-state index contributed by atoms with van der Waals surface area (Å²) in [4.78, 5) is 33.3. The van der Waals surface area contributed by atoms with E-state index in [1.165, 1.54) is 16.2 Å². The molecule has 0 radical (unpaired) electrons. The molecule has 3 aromatic heterocycles. The van der Waals surface area contributed by atoms with Gasteiger partial charge in [-0.1, -0.05) is 0 Å². The Morgan fingerprint density at radius 2 is 2.08 bits per heavy atom. The van der Waals surface area contributed by atoms with Crippen molar-refractivity contribution in [2.24, 2.45) is 0 Å². The molecule has 1 amide bonds. The number of aromatic nitrogens is 4. The van der Waals surface area contributed by atoms with Gasteiger partial charge < -0.3 is 9.88 Å². The molecule has 0 atom stereocenters. The summed E-state index contributed by atoms with van der Waals surface area (Å²) in [7, 11) is 1.68. The van der Waals surface area contributed by atoms with Gasteiger partial charge in [0.05, 0.1) is 17.7 Å². The third-order valence-electron chi connectivity index (χ3n) is 3.98. The van der Waals surface area contributed by atoms with Gasteiger partial charge in [-0.05, 0) is 41.8 Å². The van der Waals surface area contributed by atoms with E-state index >= 15 is 0 Å². The smallest absolute Gasteiger partial charge is 0.268 e. The van der Waals surface area contributed by atoms with Crippen LogP contribution in [0.15, 0.2) is 59.0 Å². The Kier molecular flexibility index (Phi) is 4.10. The molecular weight excluding hydrogens is 350 g/mol. The van der Waals surface area contributed by atoms with Crippen LogP contribution in [0.25, 0.3) is 15.9 Å². The molecule has 1 aromatic carbocycles. The first-order valence-electron chi connectivity index (χ1n) is 7.94. The average Bonchev–Trinajstić information content (AvgIpc) is 3.33. The monoisotopic (exact) mass is 365 g/mol. The fraction of sp³-hybridized carbons (Fsp3) is 0.111. The molecule has 130 valence electrons. The summed E-state index contributed by atoms with van der Waals surface area (Å²) in [6, 6.07) is 10.8. The van der Waals surface area contributed by atoms with Crippen LogP contribution in [0.4, 0.5) is 0 Å². The Labute approximate surface area is 152 Å². The minimum atomic E-state index is -0.176. The van der Waals surface area contributed by atoms with E-state index in [-0.39, 0.29) is 18.0 Å². The summed E-state index contributed by atoms with van der Waals surface area (Å²) in [5.74, 6) is 0.315. The first-order valence-corrected chi connectivity index (χ1v) is 8.82. The highest BCUT2D eigenvalue weighted by Crippen LogP contribution is 2.15. The normalized spacial score (nSPS) is 11.0. The van der Waals surface area contributed by atoms with E-state index in [9.17, 15) is 9.59 Å². The molecule has 0 saturated carbocycles. The topological polar surface area (TPSA) is 83.9 Å². The summed E-state index contributed by atoms with van der Waals surface area (Å²) in [6.07, 6.45) is 3.54. The lowest BCUT2D eigenvalue weighted by molar-refractivity contribution is 0.0781. The van der Waals surface area contributed by atoms with Gasteiger partial charge in [-0.25, -0.2) is 9.67 Å². The van der Waals surface area contributed by atoms with Crippen molar-refractivity contribution in [2.45, 2.75) is 6.54 Å². The lowest BCUT2D eigenvalue weighted by Gasteiger charge is -2.16. The zero-order valence-corrected chi connectivity index (χ0v) is 14.7. The molecule has 4 aromatic rings. The molecule has 0 unspecified atom stereocenters. The van der Waals surface area contributed by atoms with Crippen LogP contribution in [0.1, 0.15) is 16.2 Å².